The number of imide groups is 2. The van der Waals surface area contributed by atoms with Crippen LogP contribution < -0.4 is 29.9 Å². The van der Waals surface area contributed by atoms with Gasteiger partial charge in [0.1, 0.15) is 48.0 Å². The number of piperazine rings is 1. The molecule has 5 aliphatic heterocycles. The van der Waals surface area contributed by atoms with Crippen LogP contribution in [0.25, 0.3) is 0 Å². The zero-order valence-corrected chi connectivity index (χ0v) is 40.3. The number of benzene rings is 2. The van der Waals surface area contributed by atoms with Gasteiger partial charge >= 0.3 is 0 Å². The number of aromatic nitrogens is 1. The maximum absolute atomic E-state index is 15.6. The van der Waals surface area contributed by atoms with Crippen LogP contribution in [0.15, 0.2) is 42.6 Å². The van der Waals surface area contributed by atoms with Gasteiger partial charge in [0, 0.05) is 107 Å². The molecule has 6 aliphatic rings. The maximum Gasteiger partial charge on any atom is 0.262 e. The Balaban J connectivity index is 0.805. The molecule has 0 bridgehead atoms. The molecular weight excluding hydrogens is 909 g/mol. The minimum Gasteiger partial charge on any atom is -0.491 e. The van der Waals surface area contributed by atoms with Crippen molar-refractivity contribution in [3.8, 4) is 17.6 Å². The third-order valence-corrected chi connectivity index (χ3v) is 15.3. The molecule has 69 heavy (non-hydrogen) atoms. The lowest BCUT2D eigenvalue weighted by atomic mass is 9.49. The van der Waals surface area contributed by atoms with E-state index in [1.165, 1.54) is 6.07 Å². The van der Waals surface area contributed by atoms with Crippen molar-refractivity contribution in [2.45, 2.75) is 71.6 Å². The molecule has 1 unspecified atom stereocenters. The minimum atomic E-state index is -1.12. The first-order valence-electron chi connectivity index (χ1n) is 23.9. The van der Waals surface area contributed by atoms with Crippen molar-refractivity contribution >= 4 is 52.6 Å². The summed E-state index contributed by atoms with van der Waals surface area (Å²) >= 11 is 6.32. The Labute approximate surface area is 406 Å². The molecular formula is C50H59ClFN9O8. The third-order valence-electron chi connectivity index (χ3n) is 15.0. The molecule has 1 saturated carbocycles. The van der Waals surface area contributed by atoms with Crippen LogP contribution in [0.1, 0.15) is 90.0 Å². The fourth-order valence-corrected chi connectivity index (χ4v) is 11.6. The van der Waals surface area contributed by atoms with Gasteiger partial charge in [-0.3, -0.25) is 44.0 Å². The van der Waals surface area contributed by atoms with Crippen molar-refractivity contribution in [1.82, 2.24) is 30.3 Å². The number of carbonyl (C=O) groups excluding carboxylic acids is 5. The second-order valence-corrected chi connectivity index (χ2v) is 20.6. The zero-order valence-electron chi connectivity index (χ0n) is 39.5. The average Bonchev–Trinajstić information content (AvgIpc) is 3.57. The number of nitriles is 1. The number of carbonyl (C=O) groups is 5. The van der Waals surface area contributed by atoms with E-state index in [-0.39, 0.29) is 47.7 Å². The predicted octanol–water partition coefficient (Wildman–Crippen LogP) is 4.51. The third kappa shape index (κ3) is 9.58. The van der Waals surface area contributed by atoms with Crippen LogP contribution in [0.3, 0.4) is 0 Å². The van der Waals surface area contributed by atoms with Crippen LogP contribution in [0.2, 0.25) is 5.02 Å². The first-order valence-corrected chi connectivity index (χ1v) is 24.3. The number of rotatable bonds is 13. The van der Waals surface area contributed by atoms with E-state index in [9.17, 15) is 29.2 Å². The Morgan fingerprint density at radius 2 is 1.61 bits per heavy atom. The summed E-state index contributed by atoms with van der Waals surface area (Å²) in [5, 5.41) is 15.1. The Kier molecular flexibility index (Phi) is 13.6. The van der Waals surface area contributed by atoms with Gasteiger partial charge in [0.2, 0.25) is 11.8 Å². The van der Waals surface area contributed by atoms with Gasteiger partial charge in [-0.1, -0.05) is 39.3 Å². The highest BCUT2D eigenvalue weighted by Gasteiger charge is 2.64. The normalized spacial score (nSPS) is 24.1. The van der Waals surface area contributed by atoms with Crippen LogP contribution in [-0.4, -0.2) is 153 Å². The summed E-state index contributed by atoms with van der Waals surface area (Å²) < 4.78 is 34.0. The molecule has 17 nitrogen and oxygen atoms in total. The Morgan fingerprint density at radius 1 is 0.913 bits per heavy atom. The van der Waals surface area contributed by atoms with E-state index in [2.05, 4.69) is 59.1 Å². The second kappa shape index (κ2) is 19.5. The summed E-state index contributed by atoms with van der Waals surface area (Å²) in [5.41, 5.74) is 0.0394. The molecule has 2 N–H and O–H groups in total. The number of ether oxygens (including phenoxy) is 3. The van der Waals surface area contributed by atoms with E-state index >= 15 is 4.39 Å². The molecule has 19 heteroatoms. The first kappa shape index (κ1) is 48.2. The van der Waals surface area contributed by atoms with E-state index in [4.69, 9.17) is 30.8 Å². The number of nitrogens with one attached hydrogen (secondary N) is 2. The maximum atomic E-state index is 15.6. The number of hydrogen-bond donors (Lipinski definition) is 2. The predicted molar refractivity (Wildman–Crippen MR) is 253 cm³/mol. The fourth-order valence-electron chi connectivity index (χ4n) is 11.4. The van der Waals surface area contributed by atoms with Crippen molar-refractivity contribution < 1.29 is 42.6 Å². The molecule has 1 aromatic heterocycles. The molecule has 1 atom stereocenters. The van der Waals surface area contributed by atoms with E-state index in [0.29, 0.717) is 86.1 Å². The van der Waals surface area contributed by atoms with Crippen LogP contribution in [0.4, 0.5) is 15.9 Å². The van der Waals surface area contributed by atoms with Gasteiger partial charge in [-0.05, 0) is 49.4 Å². The number of halogens is 2. The molecule has 4 saturated heterocycles. The molecule has 366 valence electrons. The van der Waals surface area contributed by atoms with Gasteiger partial charge < -0.3 is 29.3 Å². The smallest absolute Gasteiger partial charge is 0.262 e. The monoisotopic (exact) mass is 967 g/mol. The average molecular weight is 969 g/mol. The Hall–Kier alpha value is -5.87. The molecule has 0 spiro atoms. The van der Waals surface area contributed by atoms with Gasteiger partial charge in [0.05, 0.1) is 46.2 Å². The molecule has 0 radical (unpaired) electrons. The number of amides is 5. The van der Waals surface area contributed by atoms with Crippen LogP contribution >= 0.6 is 11.6 Å². The number of anilines is 2. The SMILES string of the molecule is CC1(C)C(NC(=O)c2cnc(N3CCC(CN4CCN(c5cc6c(cc5F)C(=O)N(C5CCC(=O)NC5=O)C6=O)CC4)CC3)cc2OCCN2CCOCC2)C(C)(C)C1Oc1ccc(C#N)c(Cl)c1. The number of morpholine rings is 1. The van der Waals surface area contributed by atoms with Crippen molar-refractivity contribution in [3.63, 3.8) is 0 Å². The number of pyridine rings is 1. The van der Waals surface area contributed by atoms with Crippen molar-refractivity contribution in [1.29, 1.82) is 5.26 Å². The molecule has 2 aromatic carbocycles. The quantitative estimate of drug-likeness (QED) is 0.228. The molecule has 6 heterocycles. The highest BCUT2D eigenvalue weighted by atomic mass is 35.5. The molecule has 1 aliphatic carbocycles. The number of piperidine rings is 2. The second-order valence-electron chi connectivity index (χ2n) is 20.2. The first-order chi connectivity index (χ1) is 33.0. The lowest BCUT2D eigenvalue weighted by molar-refractivity contribution is -0.164. The van der Waals surface area contributed by atoms with Crippen LogP contribution in [0.5, 0.6) is 11.5 Å². The largest absolute Gasteiger partial charge is 0.491 e. The Morgan fingerprint density at radius 3 is 2.28 bits per heavy atom. The number of fused-ring (bicyclic) bond motifs is 1. The summed E-state index contributed by atoms with van der Waals surface area (Å²) in [6, 6.07) is 10.1. The molecule has 9 rings (SSSR count). The van der Waals surface area contributed by atoms with Gasteiger partial charge in [-0.2, -0.15) is 5.26 Å². The Bertz CT molecular complexity index is 2550. The van der Waals surface area contributed by atoms with Gasteiger partial charge in [-0.15, -0.1) is 0 Å². The fraction of sp³-hybridized carbons (Fsp3) is 0.540. The minimum absolute atomic E-state index is 0.00504. The summed E-state index contributed by atoms with van der Waals surface area (Å²) in [6.07, 6.45) is 3.26. The van der Waals surface area contributed by atoms with Crippen LogP contribution in [-0.2, 0) is 14.3 Å². The molecule has 3 aromatic rings. The van der Waals surface area contributed by atoms with Crippen LogP contribution in [0, 0.1) is 33.9 Å². The zero-order chi connectivity index (χ0) is 48.8. The van der Waals surface area contributed by atoms with E-state index in [1.54, 1.807) is 24.4 Å². The van der Waals surface area contributed by atoms with Gasteiger partial charge in [0.25, 0.3) is 17.7 Å². The molecule has 5 fully saturated rings. The topological polar surface area (TPSA) is 190 Å². The van der Waals surface area contributed by atoms with E-state index < -0.39 is 46.3 Å². The highest BCUT2D eigenvalue weighted by Crippen LogP contribution is 2.56. The van der Waals surface area contributed by atoms with E-state index in [0.717, 1.165) is 62.3 Å². The number of hydrogen-bond acceptors (Lipinski definition) is 14. The van der Waals surface area contributed by atoms with Crippen molar-refractivity contribution in [2.24, 2.45) is 16.7 Å². The summed E-state index contributed by atoms with van der Waals surface area (Å²) in [4.78, 5) is 79.6. The lowest BCUT2D eigenvalue weighted by Gasteiger charge is -2.63. The summed E-state index contributed by atoms with van der Waals surface area (Å²) in [7, 11) is 0. The van der Waals surface area contributed by atoms with Crippen molar-refractivity contribution in [3.05, 3.63) is 75.7 Å². The van der Waals surface area contributed by atoms with Gasteiger partial charge in [0.15, 0.2) is 0 Å². The van der Waals surface area contributed by atoms with Gasteiger partial charge in [-0.25, -0.2) is 9.37 Å². The van der Waals surface area contributed by atoms with E-state index in [1.807, 2.05) is 11.0 Å². The number of nitrogens with zero attached hydrogens (tertiary/aromatic N) is 7. The summed E-state index contributed by atoms with van der Waals surface area (Å²) in [5.74, 6) is -1.24. The molecule has 5 amide bonds. The highest BCUT2D eigenvalue weighted by molar-refractivity contribution is 6.31. The lowest BCUT2D eigenvalue weighted by Crippen LogP contribution is -2.74. The standard InChI is InChI=1S/C50H59ClFN9O8/c1-49(2)47(50(3,4)48(49)69-32-6-5-31(27-53)36(51)23-32)56-43(63)35-28-54-41(26-40(35)68-22-19-57-17-20-67-21-18-57)60-11-9-30(10-12-60)29-58-13-15-59(16-14-58)39-25-34-33(24-37(39)52)45(65)61(46(34)66)38-7-8-42(62)55-44(38)64/h5-6,23-26,28,30,38,47-48H,7-22,29H2,1-4H3,(H,56,63)(H,55,62,64). The van der Waals surface area contributed by atoms with Crippen molar-refractivity contribution in [2.75, 3.05) is 95.1 Å². The summed E-state index contributed by atoms with van der Waals surface area (Å²) in [6.45, 7) is 17.2.